The highest BCUT2D eigenvalue weighted by molar-refractivity contribution is 5.69. The summed E-state index contributed by atoms with van der Waals surface area (Å²) in [4.78, 5) is 11.9. The van der Waals surface area contributed by atoms with Gasteiger partial charge in [-0.2, -0.15) is 0 Å². The highest BCUT2D eigenvalue weighted by atomic mass is 16.5. The van der Waals surface area contributed by atoms with Gasteiger partial charge in [-0.15, -0.1) is 0 Å². The number of hydrogen-bond acceptors (Lipinski definition) is 2. The van der Waals surface area contributed by atoms with Crippen LogP contribution >= 0.6 is 0 Å². The summed E-state index contributed by atoms with van der Waals surface area (Å²) in [6.45, 7) is 7.60. The minimum atomic E-state index is 0.0180. The van der Waals surface area contributed by atoms with E-state index >= 15 is 0 Å². The van der Waals surface area contributed by atoms with E-state index in [1.54, 1.807) is 0 Å². The molecule has 51 heavy (non-hydrogen) atoms. The minimum absolute atomic E-state index is 0.0180. The first-order chi connectivity index (χ1) is 25.2. The van der Waals surface area contributed by atoms with E-state index in [1.165, 1.54) is 238 Å². The van der Waals surface area contributed by atoms with Gasteiger partial charge in [0.05, 0.1) is 6.61 Å². The first kappa shape index (κ1) is 50.2. The average Bonchev–Trinajstić information content (AvgIpc) is 3.14. The Bertz CT molecular complexity index is 669. The van der Waals surface area contributed by atoms with Crippen molar-refractivity contribution >= 4 is 5.97 Å². The SMILES string of the molecule is CCCC/C=C\CCCCCCCC(=O)OCCCCCCCCCCCCCCCCCCCCCCCCCCCCCCCC(C)CC. The van der Waals surface area contributed by atoms with Crippen molar-refractivity contribution in [2.75, 3.05) is 6.61 Å². The third-order valence-corrected chi connectivity index (χ3v) is 11.4. The van der Waals surface area contributed by atoms with E-state index in [-0.39, 0.29) is 5.97 Å². The molecule has 0 heterocycles. The summed E-state index contributed by atoms with van der Waals surface area (Å²) >= 11 is 0. The molecule has 0 aliphatic heterocycles. The van der Waals surface area contributed by atoms with Crippen LogP contribution in [-0.2, 0) is 9.53 Å². The van der Waals surface area contributed by atoms with Crippen LogP contribution in [-0.4, -0.2) is 12.6 Å². The molecular formula is C49H96O2. The van der Waals surface area contributed by atoms with E-state index in [4.69, 9.17) is 4.74 Å². The Kier molecular flexibility index (Phi) is 44.7. The number of ether oxygens (including phenoxy) is 1. The second-order valence-corrected chi connectivity index (χ2v) is 16.7. The zero-order chi connectivity index (χ0) is 37.0. The normalized spacial score (nSPS) is 12.3. The van der Waals surface area contributed by atoms with Gasteiger partial charge in [0, 0.05) is 6.42 Å². The molecule has 0 spiro atoms. The summed E-state index contributed by atoms with van der Waals surface area (Å²) in [7, 11) is 0. The minimum Gasteiger partial charge on any atom is -0.466 e. The Morgan fingerprint density at radius 2 is 0.725 bits per heavy atom. The van der Waals surface area contributed by atoms with Gasteiger partial charge in [0.15, 0.2) is 0 Å². The lowest BCUT2D eigenvalue weighted by Crippen LogP contribution is -2.05. The number of rotatable bonds is 44. The van der Waals surface area contributed by atoms with Crippen LogP contribution in [0.15, 0.2) is 12.2 Å². The van der Waals surface area contributed by atoms with Gasteiger partial charge < -0.3 is 4.74 Å². The van der Waals surface area contributed by atoms with Crippen molar-refractivity contribution in [3.8, 4) is 0 Å². The molecule has 0 saturated carbocycles. The van der Waals surface area contributed by atoms with Gasteiger partial charge in [0.1, 0.15) is 0 Å². The molecule has 0 aliphatic rings. The summed E-state index contributed by atoms with van der Waals surface area (Å²) < 4.78 is 5.45. The monoisotopic (exact) mass is 717 g/mol. The van der Waals surface area contributed by atoms with Gasteiger partial charge in [0.25, 0.3) is 0 Å². The Morgan fingerprint density at radius 3 is 1.10 bits per heavy atom. The molecular weight excluding hydrogens is 621 g/mol. The fourth-order valence-electron chi connectivity index (χ4n) is 7.45. The van der Waals surface area contributed by atoms with Crippen molar-refractivity contribution in [3.05, 3.63) is 12.2 Å². The van der Waals surface area contributed by atoms with Crippen molar-refractivity contribution in [1.82, 2.24) is 0 Å². The van der Waals surface area contributed by atoms with Gasteiger partial charge >= 0.3 is 5.97 Å². The number of carbonyl (C=O) groups is 1. The van der Waals surface area contributed by atoms with Crippen LogP contribution in [0.25, 0.3) is 0 Å². The summed E-state index contributed by atoms with van der Waals surface area (Å²) in [6.07, 6.45) is 60.5. The molecule has 0 aromatic rings. The smallest absolute Gasteiger partial charge is 0.305 e. The zero-order valence-corrected chi connectivity index (χ0v) is 35.7. The quantitative estimate of drug-likeness (QED) is 0.0356. The third-order valence-electron chi connectivity index (χ3n) is 11.4. The van der Waals surface area contributed by atoms with E-state index in [0.717, 1.165) is 25.2 Å². The highest BCUT2D eigenvalue weighted by Gasteiger charge is 2.03. The van der Waals surface area contributed by atoms with Crippen LogP contribution in [0.2, 0.25) is 0 Å². The molecule has 0 N–H and O–H groups in total. The lowest BCUT2D eigenvalue weighted by atomic mass is 9.99. The number of allylic oxidation sites excluding steroid dienone is 2. The fourth-order valence-corrected chi connectivity index (χ4v) is 7.45. The summed E-state index contributed by atoms with van der Waals surface area (Å²) in [5, 5.41) is 0. The zero-order valence-electron chi connectivity index (χ0n) is 35.7. The van der Waals surface area contributed by atoms with Crippen molar-refractivity contribution in [2.24, 2.45) is 5.92 Å². The summed E-state index contributed by atoms with van der Waals surface area (Å²) in [5.41, 5.74) is 0. The molecule has 0 amide bonds. The fraction of sp³-hybridized carbons (Fsp3) is 0.939. The van der Waals surface area contributed by atoms with Gasteiger partial charge in [-0.3, -0.25) is 4.79 Å². The predicted octanol–water partition coefficient (Wildman–Crippen LogP) is 17.8. The molecule has 0 fully saturated rings. The number of unbranched alkanes of at least 4 members (excludes halogenated alkanes) is 35. The van der Waals surface area contributed by atoms with Crippen LogP contribution in [0.5, 0.6) is 0 Å². The summed E-state index contributed by atoms with van der Waals surface area (Å²) in [6, 6.07) is 0. The molecule has 1 unspecified atom stereocenters. The molecule has 2 heteroatoms. The highest BCUT2D eigenvalue weighted by Crippen LogP contribution is 2.18. The lowest BCUT2D eigenvalue weighted by Gasteiger charge is -2.07. The predicted molar refractivity (Wildman–Crippen MR) is 230 cm³/mol. The second-order valence-electron chi connectivity index (χ2n) is 16.7. The Balaban J connectivity index is 3.14. The van der Waals surface area contributed by atoms with E-state index in [2.05, 4.69) is 32.9 Å². The lowest BCUT2D eigenvalue weighted by molar-refractivity contribution is -0.143. The molecule has 0 rings (SSSR count). The van der Waals surface area contributed by atoms with Crippen LogP contribution in [0.3, 0.4) is 0 Å². The average molecular weight is 717 g/mol. The molecule has 1 atom stereocenters. The standard InChI is InChI=1S/C49H96O2/c1-4-6-7-8-9-10-30-34-37-40-43-46-49(50)51-47-44-41-38-35-32-29-27-25-23-21-19-17-15-13-11-12-14-16-18-20-22-24-26-28-31-33-36-39-42-45-48(3)5-2/h8-9,48H,4-7,10-47H2,1-3H3/b9-8-. The molecule has 0 aromatic heterocycles. The van der Waals surface area contributed by atoms with E-state index < -0.39 is 0 Å². The van der Waals surface area contributed by atoms with Gasteiger partial charge in [-0.05, 0) is 38.0 Å². The molecule has 0 aliphatic carbocycles. The Hall–Kier alpha value is -0.790. The van der Waals surface area contributed by atoms with Gasteiger partial charge in [0.2, 0.25) is 0 Å². The van der Waals surface area contributed by atoms with Crippen molar-refractivity contribution in [3.63, 3.8) is 0 Å². The second kappa shape index (κ2) is 45.4. The largest absolute Gasteiger partial charge is 0.466 e. The molecule has 2 nitrogen and oxygen atoms in total. The first-order valence-electron chi connectivity index (χ1n) is 24.0. The molecule has 304 valence electrons. The van der Waals surface area contributed by atoms with E-state index in [0.29, 0.717) is 13.0 Å². The first-order valence-corrected chi connectivity index (χ1v) is 24.0. The van der Waals surface area contributed by atoms with E-state index in [1.807, 2.05) is 0 Å². The van der Waals surface area contributed by atoms with Crippen LogP contribution in [0.4, 0.5) is 0 Å². The molecule has 0 radical (unpaired) electrons. The van der Waals surface area contributed by atoms with Crippen molar-refractivity contribution < 1.29 is 9.53 Å². The topological polar surface area (TPSA) is 26.3 Å². The van der Waals surface area contributed by atoms with Gasteiger partial charge in [-0.1, -0.05) is 258 Å². The maximum atomic E-state index is 11.9. The number of hydrogen-bond donors (Lipinski definition) is 0. The summed E-state index contributed by atoms with van der Waals surface area (Å²) in [5.74, 6) is 0.958. The van der Waals surface area contributed by atoms with Crippen LogP contribution < -0.4 is 0 Å². The molecule has 0 bridgehead atoms. The molecule has 0 aromatic carbocycles. The van der Waals surface area contributed by atoms with Crippen LogP contribution in [0.1, 0.15) is 284 Å². The molecule has 0 saturated heterocycles. The number of carbonyl (C=O) groups excluding carboxylic acids is 1. The maximum absolute atomic E-state index is 11.9. The Morgan fingerprint density at radius 1 is 0.412 bits per heavy atom. The van der Waals surface area contributed by atoms with Crippen molar-refractivity contribution in [1.29, 1.82) is 0 Å². The van der Waals surface area contributed by atoms with Crippen LogP contribution in [0, 0.1) is 5.92 Å². The van der Waals surface area contributed by atoms with Gasteiger partial charge in [-0.25, -0.2) is 0 Å². The van der Waals surface area contributed by atoms with E-state index in [9.17, 15) is 4.79 Å². The maximum Gasteiger partial charge on any atom is 0.305 e. The Labute approximate surface area is 323 Å². The number of esters is 1. The third kappa shape index (κ3) is 45.3. The van der Waals surface area contributed by atoms with Crippen molar-refractivity contribution in [2.45, 2.75) is 284 Å².